The molecular weight excluding hydrogens is 244 g/mol. The van der Waals surface area contributed by atoms with Gasteiger partial charge in [-0.2, -0.15) is 0 Å². The first-order chi connectivity index (χ1) is 9.21. The molecule has 0 heterocycles. The van der Waals surface area contributed by atoms with Crippen molar-refractivity contribution in [3.63, 3.8) is 0 Å². The minimum absolute atomic E-state index is 0.0411. The van der Waals surface area contributed by atoms with Crippen molar-refractivity contribution in [2.45, 2.75) is 0 Å². The quantitative estimate of drug-likeness (QED) is 0.857. The number of phenolic OH excluding ortho intramolecular Hbond substituents is 1. The lowest BCUT2D eigenvalue weighted by molar-refractivity contribution is 0.112. The van der Waals surface area contributed by atoms with Crippen LogP contribution in [0.1, 0.15) is 10.4 Å². The van der Waals surface area contributed by atoms with Crippen molar-refractivity contribution >= 4 is 6.29 Å². The zero-order chi connectivity index (χ0) is 13.8. The van der Waals surface area contributed by atoms with Crippen LogP contribution in [0.3, 0.4) is 0 Å². The molecule has 4 nitrogen and oxygen atoms in total. The lowest BCUT2D eigenvalue weighted by atomic mass is 10.0. The van der Waals surface area contributed by atoms with E-state index >= 15 is 0 Å². The minimum Gasteiger partial charge on any atom is -0.507 e. The molecule has 0 amide bonds. The monoisotopic (exact) mass is 258 g/mol. The Labute approximate surface area is 111 Å². The van der Waals surface area contributed by atoms with Crippen LogP contribution in [0.4, 0.5) is 0 Å². The summed E-state index contributed by atoms with van der Waals surface area (Å²) in [5.41, 5.74) is 1.81. The van der Waals surface area contributed by atoms with E-state index in [0.29, 0.717) is 17.8 Å². The van der Waals surface area contributed by atoms with E-state index in [1.54, 1.807) is 32.4 Å². The zero-order valence-electron chi connectivity index (χ0n) is 10.7. The van der Waals surface area contributed by atoms with Crippen molar-refractivity contribution in [1.82, 2.24) is 0 Å². The number of benzene rings is 2. The summed E-state index contributed by atoms with van der Waals surface area (Å²) in [7, 11) is 3.12. The van der Waals surface area contributed by atoms with Crippen LogP contribution in [0.25, 0.3) is 11.1 Å². The first kappa shape index (κ1) is 13.0. The Kier molecular flexibility index (Phi) is 3.71. The van der Waals surface area contributed by atoms with Crippen molar-refractivity contribution in [2.75, 3.05) is 14.2 Å². The Morgan fingerprint density at radius 3 is 2.53 bits per heavy atom. The summed E-state index contributed by atoms with van der Waals surface area (Å²) in [4.78, 5) is 10.9. The molecule has 0 aliphatic rings. The molecule has 19 heavy (non-hydrogen) atoms. The molecule has 2 rings (SSSR count). The second kappa shape index (κ2) is 5.44. The second-order valence-electron chi connectivity index (χ2n) is 3.93. The average molecular weight is 258 g/mol. The number of aromatic hydroxyl groups is 1. The third-order valence-electron chi connectivity index (χ3n) is 2.87. The Morgan fingerprint density at radius 1 is 1.11 bits per heavy atom. The highest BCUT2D eigenvalue weighted by Crippen LogP contribution is 2.38. The summed E-state index contributed by atoms with van der Waals surface area (Å²) in [6.07, 6.45) is 0.617. The van der Waals surface area contributed by atoms with Crippen LogP contribution in [-0.2, 0) is 0 Å². The highest BCUT2D eigenvalue weighted by atomic mass is 16.5. The Bertz CT molecular complexity index is 605. The second-order valence-corrected chi connectivity index (χ2v) is 3.93. The van der Waals surface area contributed by atoms with Gasteiger partial charge in [0.05, 0.1) is 19.8 Å². The van der Waals surface area contributed by atoms with Gasteiger partial charge in [0.1, 0.15) is 5.75 Å². The van der Waals surface area contributed by atoms with E-state index in [1.165, 1.54) is 6.07 Å². The van der Waals surface area contributed by atoms with Crippen LogP contribution in [-0.4, -0.2) is 25.6 Å². The van der Waals surface area contributed by atoms with Gasteiger partial charge < -0.3 is 14.6 Å². The Morgan fingerprint density at radius 2 is 1.89 bits per heavy atom. The number of hydrogen-bond acceptors (Lipinski definition) is 4. The van der Waals surface area contributed by atoms with Gasteiger partial charge in [-0.05, 0) is 23.8 Å². The van der Waals surface area contributed by atoms with Crippen LogP contribution in [0.15, 0.2) is 36.4 Å². The summed E-state index contributed by atoms with van der Waals surface area (Å²) in [6, 6.07) is 10.3. The smallest absolute Gasteiger partial charge is 0.168 e. The Hall–Kier alpha value is -2.49. The van der Waals surface area contributed by atoms with Gasteiger partial charge in [-0.3, -0.25) is 4.79 Å². The van der Waals surface area contributed by atoms with Crippen molar-refractivity contribution in [3.8, 4) is 28.4 Å². The third kappa shape index (κ3) is 2.38. The van der Waals surface area contributed by atoms with Crippen LogP contribution in [0.5, 0.6) is 17.2 Å². The van der Waals surface area contributed by atoms with Crippen molar-refractivity contribution in [2.24, 2.45) is 0 Å². The normalized spacial score (nSPS) is 10.0. The largest absolute Gasteiger partial charge is 0.507 e. The fourth-order valence-corrected chi connectivity index (χ4v) is 1.93. The topological polar surface area (TPSA) is 55.8 Å². The van der Waals surface area contributed by atoms with E-state index in [4.69, 9.17) is 9.47 Å². The van der Waals surface area contributed by atoms with Gasteiger partial charge in [-0.1, -0.05) is 18.2 Å². The maximum atomic E-state index is 10.9. The number of ether oxygens (including phenoxy) is 2. The maximum Gasteiger partial charge on any atom is 0.168 e. The number of aldehydes is 1. The summed E-state index contributed by atoms with van der Waals surface area (Å²) in [5.74, 6) is 1.16. The van der Waals surface area contributed by atoms with Crippen LogP contribution in [0.2, 0.25) is 0 Å². The molecule has 0 fully saturated rings. The van der Waals surface area contributed by atoms with Gasteiger partial charge in [0, 0.05) is 5.56 Å². The molecule has 2 aromatic rings. The van der Waals surface area contributed by atoms with E-state index < -0.39 is 0 Å². The number of phenols is 1. The molecule has 0 radical (unpaired) electrons. The average Bonchev–Trinajstić information content (AvgIpc) is 2.46. The highest BCUT2D eigenvalue weighted by molar-refractivity contribution is 5.84. The first-order valence-corrected chi connectivity index (χ1v) is 5.70. The molecule has 0 aliphatic carbocycles. The molecule has 0 aliphatic heterocycles. The predicted octanol–water partition coefficient (Wildman–Crippen LogP) is 2.89. The van der Waals surface area contributed by atoms with Gasteiger partial charge in [0.15, 0.2) is 17.8 Å². The summed E-state index contributed by atoms with van der Waals surface area (Å²) in [6.45, 7) is 0. The molecule has 2 aromatic carbocycles. The molecule has 98 valence electrons. The van der Waals surface area contributed by atoms with Crippen molar-refractivity contribution in [3.05, 3.63) is 42.0 Å². The van der Waals surface area contributed by atoms with Crippen molar-refractivity contribution in [1.29, 1.82) is 0 Å². The molecular formula is C15H14O4. The van der Waals surface area contributed by atoms with Gasteiger partial charge in [0.2, 0.25) is 0 Å². The summed E-state index contributed by atoms with van der Waals surface area (Å²) < 4.78 is 10.6. The lowest BCUT2D eigenvalue weighted by Gasteiger charge is -2.13. The molecule has 1 N–H and O–H groups in total. The minimum atomic E-state index is -0.0411. The van der Waals surface area contributed by atoms with Gasteiger partial charge in [0.25, 0.3) is 0 Å². The molecule has 0 saturated heterocycles. The van der Waals surface area contributed by atoms with Crippen LogP contribution < -0.4 is 9.47 Å². The molecule has 0 unspecified atom stereocenters. The Balaban J connectivity index is 2.61. The van der Waals surface area contributed by atoms with E-state index in [-0.39, 0.29) is 11.3 Å². The van der Waals surface area contributed by atoms with Gasteiger partial charge in [-0.25, -0.2) is 0 Å². The lowest BCUT2D eigenvalue weighted by Crippen LogP contribution is -1.93. The predicted molar refractivity (Wildman–Crippen MR) is 72.0 cm³/mol. The molecule has 4 heteroatoms. The molecule has 0 atom stereocenters. The number of methoxy groups -OCH3 is 2. The van der Waals surface area contributed by atoms with E-state index in [1.807, 2.05) is 12.1 Å². The van der Waals surface area contributed by atoms with Gasteiger partial charge in [-0.15, -0.1) is 0 Å². The summed E-state index contributed by atoms with van der Waals surface area (Å²) in [5, 5.41) is 9.52. The molecule has 0 aromatic heterocycles. The van der Waals surface area contributed by atoms with E-state index in [0.717, 1.165) is 11.1 Å². The zero-order valence-corrected chi connectivity index (χ0v) is 10.7. The van der Waals surface area contributed by atoms with Crippen LogP contribution in [0, 0.1) is 0 Å². The third-order valence-corrected chi connectivity index (χ3v) is 2.87. The number of hydrogen-bond donors (Lipinski definition) is 1. The summed E-state index contributed by atoms with van der Waals surface area (Å²) >= 11 is 0. The van der Waals surface area contributed by atoms with Gasteiger partial charge >= 0.3 is 0 Å². The number of para-hydroxylation sites is 1. The van der Waals surface area contributed by atoms with Crippen LogP contribution >= 0.6 is 0 Å². The molecule has 0 saturated carbocycles. The standard InChI is InChI=1S/C15H14O4/c1-18-14-5-3-4-12(15(14)19-2)10-6-7-13(17)11(8-10)9-16/h3-9,17H,1-2H3. The highest BCUT2D eigenvalue weighted by Gasteiger charge is 2.12. The molecule has 0 bridgehead atoms. The number of carbonyl (C=O) groups excluding carboxylic acids is 1. The number of rotatable bonds is 4. The molecule has 0 spiro atoms. The SMILES string of the molecule is COc1cccc(-c2ccc(O)c(C=O)c2)c1OC. The van der Waals surface area contributed by atoms with E-state index in [2.05, 4.69) is 0 Å². The van der Waals surface area contributed by atoms with E-state index in [9.17, 15) is 9.90 Å². The number of carbonyl (C=O) groups is 1. The van der Waals surface area contributed by atoms with Crippen molar-refractivity contribution < 1.29 is 19.4 Å². The fourth-order valence-electron chi connectivity index (χ4n) is 1.93. The fraction of sp³-hybridized carbons (Fsp3) is 0.133. The maximum absolute atomic E-state index is 10.9. The first-order valence-electron chi connectivity index (χ1n) is 5.70.